The lowest BCUT2D eigenvalue weighted by Gasteiger charge is -2.06. The summed E-state index contributed by atoms with van der Waals surface area (Å²) < 4.78 is 6.93. The molecule has 0 aliphatic rings. The zero-order valence-corrected chi connectivity index (χ0v) is 16.5. The van der Waals surface area contributed by atoms with Crippen LogP contribution in [-0.4, -0.2) is 36.7 Å². The first kappa shape index (κ1) is 19.1. The number of nitrogen functional groups attached to an aromatic ring is 1. The summed E-state index contributed by atoms with van der Waals surface area (Å²) in [5.74, 6) is 7.35. The van der Waals surface area contributed by atoms with Crippen LogP contribution in [0.4, 0.5) is 5.13 Å². The summed E-state index contributed by atoms with van der Waals surface area (Å²) >= 11 is 2.55. The number of para-hydroxylation sites is 1. The topological polar surface area (TPSA) is 121 Å². The first-order chi connectivity index (χ1) is 13.0. The Balaban J connectivity index is 1.50. The lowest BCUT2D eigenvalue weighted by Crippen LogP contribution is -2.18. The Morgan fingerprint density at radius 2 is 2.04 bits per heavy atom. The number of hydrogen-bond donors (Lipinski definition) is 2. The molecule has 0 spiro atoms. The Kier molecular flexibility index (Phi) is 6.24. The Morgan fingerprint density at radius 1 is 1.26 bits per heavy atom. The minimum Gasteiger partial charge on any atom is -0.486 e. The summed E-state index contributed by atoms with van der Waals surface area (Å²) in [4.78, 5) is 12.1. The number of nitrogens with one attached hydrogen (secondary N) is 1. The lowest BCUT2D eigenvalue weighted by atomic mass is 10.2. The molecule has 0 bridgehead atoms. The van der Waals surface area contributed by atoms with Crippen molar-refractivity contribution in [3.63, 3.8) is 0 Å². The van der Waals surface area contributed by atoms with Gasteiger partial charge in [-0.3, -0.25) is 10.1 Å². The second kappa shape index (κ2) is 8.82. The highest BCUT2D eigenvalue weighted by Crippen LogP contribution is 2.23. The van der Waals surface area contributed by atoms with Crippen LogP contribution in [0.2, 0.25) is 0 Å². The summed E-state index contributed by atoms with van der Waals surface area (Å²) in [6.45, 7) is 4.23. The number of nitrogens with zero attached hydrogens (tertiary/aromatic N) is 5. The van der Waals surface area contributed by atoms with Crippen LogP contribution in [0.15, 0.2) is 35.5 Å². The van der Waals surface area contributed by atoms with E-state index in [1.54, 1.807) is 0 Å². The zero-order valence-electron chi connectivity index (χ0n) is 14.8. The van der Waals surface area contributed by atoms with Gasteiger partial charge in [-0.15, -0.1) is 20.4 Å². The van der Waals surface area contributed by atoms with Crippen LogP contribution in [0.5, 0.6) is 5.75 Å². The van der Waals surface area contributed by atoms with E-state index in [0.29, 0.717) is 21.9 Å². The van der Waals surface area contributed by atoms with E-state index in [4.69, 9.17) is 10.6 Å². The first-order valence-corrected chi connectivity index (χ1v) is 9.96. The molecule has 2 aromatic heterocycles. The maximum absolute atomic E-state index is 12.1. The van der Waals surface area contributed by atoms with Crippen molar-refractivity contribution in [2.45, 2.75) is 31.5 Å². The van der Waals surface area contributed by atoms with E-state index in [9.17, 15) is 4.79 Å². The van der Waals surface area contributed by atoms with Crippen LogP contribution in [0.1, 0.15) is 30.6 Å². The van der Waals surface area contributed by atoms with Crippen LogP contribution in [0.3, 0.4) is 0 Å². The van der Waals surface area contributed by atoms with E-state index in [-0.39, 0.29) is 24.2 Å². The normalized spacial score (nSPS) is 10.9. The fourth-order valence-electron chi connectivity index (χ4n) is 1.97. The van der Waals surface area contributed by atoms with Gasteiger partial charge in [0.2, 0.25) is 16.2 Å². The van der Waals surface area contributed by atoms with E-state index in [2.05, 4.69) is 25.7 Å². The van der Waals surface area contributed by atoms with Crippen LogP contribution in [0, 0.1) is 0 Å². The Bertz CT molecular complexity index is 895. The largest absolute Gasteiger partial charge is 0.486 e. The molecule has 0 fully saturated rings. The molecule has 2 heterocycles. The number of thioether (sulfide) groups is 1. The van der Waals surface area contributed by atoms with Crippen molar-refractivity contribution < 1.29 is 9.53 Å². The third kappa shape index (κ3) is 5.17. The van der Waals surface area contributed by atoms with Crippen LogP contribution in [-0.2, 0) is 11.4 Å². The molecule has 0 aliphatic carbocycles. The summed E-state index contributed by atoms with van der Waals surface area (Å²) in [6.07, 6.45) is 0. The van der Waals surface area contributed by atoms with Gasteiger partial charge in [0, 0.05) is 5.92 Å². The number of nitrogens with two attached hydrogens (primary N) is 1. The molecule has 0 radical (unpaired) electrons. The molecule has 0 saturated carbocycles. The highest BCUT2D eigenvalue weighted by atomic mass is 32.2. The third-order valence-corrected chi connectivity index (χ3v) is 5.44. The molecule has 9 nitrogen and oxygen atoms in total. The first-order valence-electron chi connectivity index (χ1n) is 8.16. The van der Waals surface area contributed by atoms with Crippen molar-refractivity contribution in [2.75, 3.05) is 16.9 Å². The number of anilines is 1. The monoisotopic (exact) mass is 405 g/mol. The van der Waals surface area contributed by atoms with Gasteiger partial charge in [0.25, 0.3) is 0 Å². The lowest BCUT2D eigenvalue weighted by molar-refractivity contribution is -0.113. The maximum Gasteiger partial charge on any atom is 0.236 e. The van der Waals surface area contributed by atoms with Gasteiger partial charge in [0.05, 0.1) is 5.75 Å². The highest BCUT2D eigenvalue weighted by molar-refractivity contribution is 7.99. The quantitative estimate of drug-likeness (QED) is 0.432. The zero-order chi connectivity index (χ0) is 19.2. The van der Waals surface area contributed by atoms with Gasteiger partial charge in [0.1, 0.15) is 17.4 Å². The Labute approximate surface area is 164 Å². The van der Waals surface area contributed by atoms with Crippen molar-refractivity contribution >= 4 is 34.1 Å². The van der Waals surface area contributed by atoms with Gasteiger partial charge in [-0.1, -0.05) is 55.1 Å². The SMILES string of the molecule is CC(C)c1nnc(NC(=O)CSc2nnc(COc3ccccc3)n2N)s1. The fourth-order valence-corrected chi connectivity index (χ4v) is 3.41. The fraction of sp³-hybridized carbons (Fsp3) is 0.312. The summed E-state index contributed by atoms with van der Waals surface area (Å²) in [6, 6.07) is 9.35. The molecule has 3 N–H and O–H groups in total. The van der Waals surface area contributed by atoms with Crippen molar-refractivity contribution in [3.8, 4) is 5.75 Å². The average molecular weight is 406 g/mol. The molecular formula is C16H19N7O2S2. The van der Waals surface area contributed by atoms with E-state index >= 15 is 0 Å². The minimum atomic E-state index is -0.212. The highest BCUT2D eigenvalue weighted by Gasteiger charge is 2.14. The van der Waals surface area contributed by atoms with Crippen molar-refractivity contribution in [1.29, 1.82) is 0 Å². The molecule has 27 heavy (non-hydrogen) atoms. The predicted molar refractivity (Wildman–Crippen MR) is 104 cm³/mol. The molecule has 3 rings (SSSR count). The summed E-state index contributed by atoms with van der Waals surface area (Å²) in [7, 11) is 0. The van der Waals surface area contributed by atoms with Gasteiger partial charge in [-0.05, 0) is 12.1 Å². The van der Waals surface area contributed by atoms with Crippen LogP contribution in [0.25, 0.3) is 0 Å². The van der Waals surface area contributed by atoms with Crippen molar-refractivity contribution in [3.05, 3.63) is 41.2 Å². The number of rotatable bonds is 8. The molecule has 0 unspecified atom stereocenters. The number of carbonyl (C=O) groups excluding carboxylic acids is 1. The number of carbonyl (C=O) groups is 1. The molecule has 3 aromatic rings. The Hall–Kier alpha value is -2.66. The van der Waals surface area contributed by atoms with Gasteiger partial charge >= 0.3 is 0 Å². The van der Waals surface area contributed by atoms with Crippen molar-refractivity contribution in [1.82, 2.24) is 25.1 Å². The molecule has 0 aliphatic heterocycles. The predicted octanol–water partition coefficient (Wildman–Crippen LogP) is 2.28. The third-order valence-electron chi connectivity index (χ3n) is 3.36. The van der Waals surface area contributed by atoms with E-state index in [1.807, 2.05) is 44.2 Å². The molecule has 142 valence electrons. The second-order valence-electron chi connectivity index (χ2n) is 5.81. The molecular weight excluding hydrogens is 386 g/mol. The van der Waals surface area contributed by atoms with Gasteiger partial charge in [-0.25, -0.2) is 4.68 Å². The second-order valence-corrected chi connectivity index (χ2v) is 7.76. The number of aromatic nitrogens is 5. The summed E-state index contributed by atoms with van der Waals surface area (Å²) in [5.41, 5.74) is 0. The number of amides is 1. The molecule has 1 amide bonds. The van der Waals surface area contributed by atoms with Gasteiger partial charge in [0.15, 0.2) is 5.82 Å². The Morgan fingerprint density at radius 3 is 2.74 bits per heavy atom. The van der Waals surface area contributed by atoms with E-state index in [1.165, 1.54) is 27.8 Å². The smallest absolute Gasteiger partial charge is 0.236 e. The number of hydrogen-bond acceptors (Lipinski definition) is 9. The van der Waals surface area contributed by atoms with Gasteiger partial charge in [-0.2, -0.15) is 0 Å². The molecule has 11 heteroatoms. The summed E-state index contributed by atoms with van der Waals surface area (Å²) in [5, 5.41) is 20.5. The van der Waals surface area contributed by atoms with Crippen LogP contribution < -0.4 is 15.9 Å². The molecule has 1 aromatic carbocycles. The van der Waals surface area contributed by atoms with E-state index < -0.39 is 0 Å². The minimum absolute atomic E-state index is 0.130. The number of benzene rings is 1. The molecule has 0 saturated heterocycles. The van der Waals surface area contributed by atoms with Gasteiger partial charge < -0.3 is 10.6 Å². The average Bonchev–Trinajstić information content (AvgIpc) is 3.26. The standard InChI is InChI=1S/C16H19N7O2S2/c1-10(2)14-20-21-15(27-14)18-13(24)9-26-16-22-19-12(23(16)17)8-25-11-6-4-3-5-7-11/h3-7,10H,8-9,17H2,1-2H3,(H,18,21,24). The maximum atomic E-state index is 12.1. The molecule has 0 atom stereocenters. The van der Waals surface area contributed by atoms with Crippen LogP contribution >= 0.6 is 23.1 Å². The van der Waals surface area contributed by atoms with E-state index in [0.717, 1.165) is 5.01 Å². The number of ether oxygens (including phenoxy) is 1. The van der Waals surface area contributed by atoms with Crippen molar-refractivity contribution in [2.24, 2.45) is 0 Å².